The number of hydrogen-bond acceptors (Lipinski definition) is 6. The van der Waals surface area contributed by atoms with Crippen molar-refractivity contribution in [2.75, 3.05) is 19.9 Å². The molecule has 2 aromatic rings. The molecule has 0 N–H and O–H groups in total. The number of carbonyl (C=O) groups is 1. The molecule has 1 saturated heterocycles. The lowest BCUT2D eigenvalue weighted by molar-refractivity contribution is -0.0385. The molecule has 7 heteroatoms. The highest BCUT2D eigenvalue weighted by atomic mass is 32.1. The average Bonchev–Trinajstić information content (AvgIpc) is 3.24. The Morgan fingerprint density at radius 3 is 3.00 bits per heavy atom. The molecule has 2 aliphatic rings. The fourth-order valence-corrected chi connectivity index (χ4v) is 3.73. The van der Waals surface area contributed by atoms with Crippen molar-refractivity contribution in [3.8, 4) is 22.1 Å². The van der Waals surface area contributed by atoms with Crippen LogP contribution in [-0.4, -0.2) is 47.9 Å². The Balaban J connectivity index is 1.57. The number of fused-ring (bicyclic) bond motifs is 1. The molecule has 0 unspecified atom stereocenters. The second-order valence-electron chi connectivity index (χ2n) is 6.05. The molecule has 3 heterocycles. The van der Waals surface area contributed by atoms with E-state index < -0.39 is 0 Å². The molecule has 1 aromatic heterocycles. The molecule has 1 aromatic carbocycles. The number of amides is 1. The van der Waals surface area contributed by atoms with Crippen LogP contribution in [-0.2, 0) is 4.74 Å². The van der Waals surface area contributed by atoms with Crippen molar-refractivity contribution in [1.82, 2.24) is 9.88 Å². The largest absolute Gasteiger partial charge is 0.454 e. The van der Waals surface area contributed by atoms with Crippen molar-refractivity contribution in [2.45, 2.75) is 26.0 Å². The van der Waals surface area contributed by atoms with Gasteiger partial charge < -0.3 is 19.1 Å². The van der Waals surface area contributed by atoms with Gasteiger partial charge in [-0.25, -0.2) is 4.98 Å². The Morgan fingerprint density at radius 2 is 2.12 bits per heavy atom. The predicted octanol–water partition coefficient (Wildman–Crippen LogP) is 2.79. The van der Waals surface area contributed by atoms with E-state index in [4.69, 9.17) is 14.2 Å². The third-order valence-electron chi connectivity index (χ3n) is 4.20. The minimum atomic E-state index is 0.0159. The number of ether oxygens (including phenoxy) is 3. The Kier molecular flexibility index (Phi) is 3.90. The van der Waals surface area contributed by atoms with E-state index in [0.29, 0.717) is 23.8 Å². The van der Waals surface area contributed by atoms with E-state index >= 15 is 0 Å². The summed E-state index contributed by atoms with van der Waals surface area (Å²) in [4.78, 5) is 19.7. The van der Waals surface area contributed by atoms with Crippen LogP contribution in [0.2, 0.25) is 0 Å². The summed E-state index contributed by atoms with van der Waals surface area (Å²) in [7, 11) is 0. The first-order valence-corrected chi connectivity index (χ1v) is 8.72. The molecule has 2 aliphatic heterocycles. The normalized spacial score (nSPS) is 22.7. The molecule has 1 amide bonds. The number of nitrogens with zero attached hydrogens (tertiary/aromatic N) is 2. The third kappa shape index (κ3) is 2.74. The predicted molar refractivity (Wildman–Crippen MR) is 89.6 cm³/mol. The molecule has 0 radical (unpaired) electrons. The highest BCUT2D eigenvalue weighted by Gasteiger charge is 2.29. The number of benzene rings is 1. The second-order valence-corrected chi connectivity index (χ2v) is 7.08. The molecule has 0 bridgehead atoms. The second kappa shape index (κ2) is 6.07. The number of aromatic nitrogens is 1. The van der Waals surface area contributed by atoms with Gasteiger partial charge in [-0.2, -0.15) is 0 Å². The van der Waals surface area contributed by atoms with Crippen molar-refractivity contribution in [1.29, 1.82) is 0 Å². The highest BCUT2D eigenvalue weighted by Crippen LogP contribution is 2.37. The number of rotatable bonds is 2. The summed E-state index contributed by atoms with van der Waals surface area (Å²) in [5.41, 5.74) is 0.923. The maximum Gasteiger partial charge on any atom is 0.265 e. The fourth-order valence-electron chi connectivity index (χ4n) is 2.86. The van der Waals surface area contributed by atoms with Gasteiger partial charge in [0.2, 0.25) is 6.79 Å². The van der Waals surface area contributed by atoms with Gasteiger partial charge in [-0.15, -0.1) is 11.3 Å². The Labute approximate surface area is 144 Å². The van der Waals surface area contributed by atoms with Crippen LogP contribution >= 0.6 is 11.3 Å². The summed E-state index contributed by atoms with van der Waals surface area (Å²) in [6.45, 7) is 5.41. The average molecular weight is 346 g/mol. The molecular weight excluding hydrogens is 328 g/mol. The maximum absolute atomic E-state index is 12.8. The first kappa shape index (κ1) is 15.4. The molecule has 0 spiro atoms. The van der Waals surface area contributed by atoms with Gasteiger partial charge >= 0.3 is 0 Å². The van der Waals surface area contributed by atoms with Gasteiger partial charge in [-0.05, 0) is 32.0 Å². The van der Waals surface area contributed by atoms with Crippen LogP contribution < -0.4 is 9.47 Å². The van der Waals surface area contributed by atoms with Gasteiger partial charge in [0.15, 0.2) is 11.5 Å². The monoisotopic (exact) mass is 346 g/mol. The van der Waals surface area contributed by atoms with Crippen LogP contribution in [0.3, 0.4) is 0 Å². The summed E-state index contributed by atoms with van der Waals surface area (Å²) in [6, 6.07) is 5.77. The molecule has 2 atom stereocenters. The minimum Gasteiger partial charge on any atom is -0.454 e. The van der Waals surface area contributed by atoms with Gasteiger partial charge in [0.1, 0.15) is 9.88 Å². The van der Waals surface area contributed by atoms with Crippen molar-refractivity contribution < 1.29 is 19.0 Å². The Hall–Kier alpha value is -2.12. The van der Waals surface area contributed by atoms with Crippen molar-refractivity contribution in [3.63, 3.8) is 0 Å². The molecular formula is C17H18N2O4S. The van der Waals surface area contributed by atoms with Crippen LogP contribution in [0.5, 0.6) is 11.5 Å². The summed E-state index contributed by atoms with van der Waals surface area (Å²) >= 11 is 1.40. The molecule has 6 nitrogen and oxygen atoms in total. The number of hydrogen-bond donors (Lipinski definition) is 0. The smallest absolute Gasteiger partial charge is 0.265 e. The number of carbonyl (C=O) groups excluding carboxylic acids is 1. The SMILES string of the molecule is C[C@@H]1CO[C@@H](C)CN1C(=O)c1cnc(-c2ccc3c(c2)OCO3)s1. The first-order valence-electron chi connectivity index (χ1n) is 7.90. The van der Waals surface area contributed by atoms with Gasteiger partial charge in [0.05, 0.1) is 24.9 Å². The zero-order valence-electron chi connectivity index (χ0n) is 13.5. The van der Waals surface area contributed by atoms with E-state index in [1.807, 2.05) is 36.9 Å². The van der Waals surface area contributed by atoms with E-state index in [-0.39, 0.29) is 24.8 Å². The van der Waals surface area contributed by atoms with E-state index in [1.54, 1.807) is 6.20 Å². The van der Waals surface area contributed by atoms with Crippen LogP contribution in [0.25, 0.3) is 10.6 Å². The minimum absolute atomic E-state index is 0.0159. The summed E-state index contributed by atoms with van der Waals surface area (Å²) < 4.78 is 16.3. The van der Waals surface area contributed by atoms with Crippen LogP contribution in [0, 0.1) is 0 Å². The topological polar surface area (TPSA) is 60.9 Å². The fraction of sp³-hybridized carbons (Fsp3) is 0.412. The van der Waals surface area contributed by atoms with Crippen molar-refractivity contribution in [2.24, 2.45) is 0 Å². The molecule has 1 fully saturated rings. The lowest BCUT2D eigenvalue weighted by atomic mass is 10.2. The lowest BCUT2D eigenvalue weighted by Gasteiger charge is -2.36. The Bertz CT molecular complexity index is 776. The summed E-state index contributed by atoms with van der Waals surface area (Å²) in [5, 5.41) is 0.797. The zero-order chi connectivity index (χ0) is 16.7. The van der Waals surface area contributed by atoms with Crippen molar-refractivity contribution in [3.05, 3.63) is 29.3 Å². The van der Waals surface area contributed by atoms with Crippen molar-refractivity contribution >= 4 is 17.2 Å². The standard InChI is InChI=1S/C17H18N2O4S/c1-10-8-21-11(2)7-19(10)17(20)15-6-18-16(24-15)12-3-4-13-14(5-12)23-9-22-13/h3-6,10-11H,7-9H2,1-2H3/t10-,11+/m1/s1. The molecule has 0 saturated carbocycles. The van der Waals surface area contributed by atoms with Gasteiger partial charge in [0.25, 0.3) is 5.91 Å². The van der Waals surface area contributed by atoms with Crippen LogP contribution in [0.15, 0.2) is 24.4 Å². The quantitative estimate of drug-likeness (QED) is 0.837. The third-order valence-corrected chi connectivity index (χ3v) is 5.24. The molecule has 4 rings (SSSR count). The van der Waals surface area contributed by atoms with E-state index in [9.17, 15) is 4.79 Å². The maximum atomic E-state index is 12.8. The van der Waals surface area contributed by atoms with Gasteiger partial charge in [-0.1, -0.05) is 0 Å². The molecule has 126 valence electrons. The van der Waals surface area contributed by atoms with E-state index in [0.717, 1.165) is 16.3 Å². The summed E-state index contributed by atoms with van der Waals surface area (Å²) in [5.74, 6) is 1.47. The number of morpholine rings is 1. The zero-order valence-corrected chi connectivity index (χ0v) is 14.3. The first-order chi connectivity index (χ1) is 11.6. The van der Waals surface area contributed by atoms with E-state index in [1.165, 1.54) is 11.3 Å². The molecule has 0 aliphatic carbocycles. The number of thiazole rings is 1. The van der Waals surface area contributed by atoms with E-state index in [2.05, 4.69) is 4.98 Å². The highest BCUT2D eigenvalue weighted by molar-refractivity contribution is 7.16. The van der Waals surface area contributed by atoms with Crippen LogP contribution in [0.1, 0.15) is 23.5 Å². The summed E-state index contributed by atoms with van der Waals surface area (Å²) in [6.07, 6.45) is 1.71. The lowest BCUT2D eigenvalue weighted by Crippen LogP contribution is -2.50. The van der Waals surface area contributed by atoms with Gasteiger partial charge in [-0.3, -0.25) is 4.79 Å². The Morgan fingerprint density at radius 1 is 1.29 bits per heavy atom. The van der Waals surface area contributed by atoms with Gasteiger partial charge in [0, 0.05) is 12.1 Å². The molecule has 24 heavy (non-hydrogen) atoms. The van der Waals surface area contributed by atoms with Crippen LogP contribution in [0.4, 0.5) is 0 Å².